The molecule has 0 aliphatic carbocycles. The fourth-order valence-electron chi connectivity index (χ4n) is 6.80. The first-order valence-electron chi connectivity index (χ1n) is 18.1. The van der Waals surface area contributed by atoms with Crippen LogP contribution in [0.3, 0.4) is 0 Å². The smallest absolute Gasteiger partial charge is 0.408 e. The Morgan fingerprint density at radius 2 is 1.60 bits per heavy atom. The topological polar surface area (TPSA) is 141 Å². The molecule has 3 heterocycles. The third-order valence-corrected chi connectivity index (χ3v) is 11.0. The van der Waals surface area contributed by atoms with Gasteiger partial charge in [0.05, 0.1) is 31.8 Å². The van der Waals surface area contributed by atoms with E-state index in [0.717, 1.165) is 43.7 Å². The van der Waals surface area contributed by atoms with Crippen LogP contribution in [0.5, 0.6) is 0 Å². The molecule has 2 saturated heterocycles. The summed E-state index contributed by atoms with van der Waals surface area (Å²) in [6.45, 7) is 2.11. The maximum atomic E-state index is 13.3. The lowest BCUT2D eigenvalue weighted by molar-refractivity contribution is -0.645. The van der Waals surface area contributed by atoms with Gasteiger partial charge in [-0.25, -0.2) is 4.79 Å². The van der Waals surface area contributed by atoms with Crippen molar-refractivity contribution in [2.75, 3.05) is 5.75 Å². The van der Waals surface area contributed by atoms with Crippen molar-refractivity contribution >= 4 is 29.7 Å². The fraction of sp³-hybridized carbons (Fsp3) is 0.256. The number of carbonyl (C=O) groups is 3. The summed E-state index contributed by atoms with van der Waals surface area (Å²) < 4.78 is 19.3. The minimum Gasteiger partial charge on any atom is -0.618 e. The number of aromatic nitrogens is 1. The molecule has 5 aromatic rings. The van der Waals surface area contributed by atoms with Gasteiger partial charge in [-0.2, -0.15) is 4.73 Å². The van der Waals surface area contributed by atoms with Crippen LogP contribution in [0.2, 0.25) is 0 Å². The van der Waals surface area contributed by atoms with Gasteiger partial charge in [0, 0.05) is 29.4 Å². The van der Waals surface area contributed by atoms with Gasteiger partial charge in [-0.05, 0) is 39.4 Å². The van der Waals surface area contributed by atoms with E-state index in [1.54, 1.807) is 12.1 Å². The number of aliphatic hydroxyl groups is 1. The Kier molecular flexibility index (Phi) is 11.9. The molecule has 7 rings (SSSR count). The number of alkyl carbamates (subject to hydrolysis) is 1. The minimum absolute atomic E-state index is 0.0421. The van der Waals surface area contributed by atoms with Crippen LogP contribution in [0.25, 0.3) is 11.1 Å². The van der Waals surface area contributed by atoms with E-state index in [9.17, 15) is 24.7 Å². The van der Waals surface area contributed by atoms with Gasteiger partial charge < -0.3 is 29.8 Å². The van der Waals surface area contributed by atoms with Crippen molar-refractivity contribution in [3.63, 3.8) is 0 Å². The molecule has 2 aliphatic rings. The van der Waals surface area contributed by atoms with Crippen molar-refractivity contribution in [3.05, 3.63) is 161 Å². The number of nitrogens with zero attached hydrogens (tertiary/aromatic N) is 2. The maximum Gasteiger partial charge on any atom is 0.408 e. The second-order valence-corrected chi connectivity index (χ2v) is 14.6. The molecule has 3 amide bonds. The van der Waals surface area contributed by atoms with Gasteiger partial charge in [0.2, 0.25) is 5.91 Å². The van der Waals surface area contributed by atoms with E-state index >= 15 is 0 Å². The van der Waals surface area contributed by atoms with Crippen LogP contribution in [-0.2, 0) is 43.6 Å². The van der Waals surface area contributed by atoms with Crippen LogP contribution in [0.1, 0.15) is 53.6 Å². The molecule has 0 radical (unpaired) electrons. The highest BCUT2D eigenvalue weighted by atomic mass is 32.2. The minimum atomic E-state index is -1.01. The summed E-state index contributed by atoms with van der Waals surface area (Å²) in [4.78, 5) is 40.0. The van der Waals surface area contributed by atoms with E-state index in [-0.39, 0.29) is 50.2 Å². The second-order valence-electron chi connectivity index (χ2n) is 13.6. The number of ether oxygens (including phenoxy) is 3. The Morgan fingerprint density at radius 1 is 0.891 bits per heavy atom. The maximum absolute atomic E-state index is 13.3. The molecule has 55 heavy (non-hydrogen) atoms. The summed E-state index contributed by atoms with van der Waals surface area (Å²) in [7, 11) is 0. The lowest BCUT2D eigenvalue weighted by Crippen LogP contribution is -2.41. The average Bonchev–Trinajstić information content (AvgIpc) is 3.48. The van der Waals surface area contributed by atoms with E-state index in [0.29, 0.717) is 10.8 Å². The number of thioether (sulfide) groups is 1. The standard InChI is InChI=1S/C43H41N3O8S/c1-28-37(27-55-39-13-7-8-22-46(39)51)53-42(54-40(28)32-16-14-29(25-47)15-17-32)33-20-18-31(19-21-33)35-12-6-5-11-34(35)24-45-38(48)23-36(41(45)49)44-43(50)52-26-30-9-3-2-4-10-30/h2-22,28,36-37,40,42,47H,23-27H2,1H3,(H,44,50)/t28-,36?,37+,40+,42+/m1/s1. The highest BCUT2D eigenvalue weighted by Crippen LogP contribution is 2.43. The zero-order chi connectivity index (χ0) is 38.3. The van der Waals surface area contributed by atoms with E-state index in [1.807, 2.05) is 109 Å². The molecule has 5 atom stereocenters. The van der Waals surface area contributed by atoms with Gasteiger partial charge in [-0.15, -0.1) is 0 Å². The summed E-state index contributed by atoms with van der Waals surface area (Å²) in [6.07, 6.45) is -0.705. The van der Waals surface area contributed by atoms with Crippen LogP contribution < -0.4 is 10.0 Å². The molecule has 2 fully saturated rings. The van der Waals surface area contributed by atoms with Crippen molar-refractivity contribution in [2.24, 2.45) is 5.92 Å². The summed E-state index contributed by atoms with van der Waals surface area (Å²) in [6, 6.07) is 36.6. The number of hydrogen-bond acceptors (Lipinski definition) is 9. The zero-order valence-electron chi connectivity index (χ0n) is 30.2. The molecule has 2 aliphatic heterocycles. The molecule has 4 aromatic carbocycles. The first-order chi connectivity index (χ1) is 26.8. The number of nitrogens with one attached hydrogen (secondary N) is 1. The van der Waals surface area contributed by atoms with Gasteiger partial charge >= 0.3 is 6.09 Å². The highest BCUT2D eigenvalue weighted by Gasteiger charge is 2.41. The number of pyridine rings is 1. The Balaban J connectivity index is 1.05. The van der Waals surface area contributed by atoms with Crippen molar-refractivity contribution < 1.29 is 38.4 Å². The summed E-state index contributed by atoms with van der Waals surface area (Å²) in [5.74, 6) is -0.388. The van der Waals surface area contributed by atoms with Gasteiger partial charge in [-0.3, -0.25) is 14.5 Å². The molecule has 12 heteroatoms. The molecular formula is C43H41N3O8S. The average molecular weight is 760 g/mol. The van der Waals surface area contributed by atoms with E-state index < -0.39 is 24.3 Å². The van der Waals surface area contributed by atoms with Gasteiger partial charge in [0.1, 0.15) is 12.6 Å². The SMILES string of the molecule is C[C@@H]1[C@H](CSc2cccc[n+]2[O-])O[C@H](c2ccc(-c3ccccc3CN3C(=O)CC(NC(=O)OCc4ccccc4)C3=O)cc2)O[C@@H]1c1ccc(CO)cc1. The monoisotopic (exact) mass is 759 g/mol. The molecule has 0 saturated carbocycles. The third kappa shape index (κ3) is 8.90. The van der Waals surface area contributed by atoms with Crippen LogP contribution in [0.4, 0.5) is 4.79 Å². The number of imide groups is 1. The number of rotatable bonds is 12. The van der Waals surface area contributed by atoms with Gasteiger partial charge in [0.15, 0.2) is 12.5 Å². The molecule has 282 valence electrons. The normalized spacial score (nSPS) is 21.1. The quantitative estimate of drug-likeness (QED) is 0.0622. The first-order valence-corrected chi connectivity index (χ1v) is 19.1. The van der Waals surface area contributed by atoms with Crippen LogP contribution in [0, 0.1) is 11.1 Å². The first kappa shape index (κ1) is 37.8. The number of aliphatic hydroxyl groups excluding tert-OH is 1. The molecule has 0 bridgehead atoms. The summed E-state index contributed by atoms with van der Waals surface area (Å²) in [5.41, 5.74) is 5.86. The summed E-state index contributed by atoms with van der Waals surface area (Å²) in [5, 5.41) is 25.1. The molecular weight excluding hydrogens is 719 g/mol. The van der Waals surface area contributed by atoms with E-state index in [1.165, 1.54) is 22.9 Å². The lowest BCUT2D eigenvalue weighted by atomic mass is 9.91. The Bertz CT molecular complexity index is 2120. The third-order valence-electron chi connectivity index (χ3n) is 9.90. The van der Waals surface area contributed by atoms with Crippen molar-refractivity contribution in [2.45, 2.75) is 62.7 Å². The highest BCUT2D eigenvalue weighted by molar-refractivity contribution is 7.99. The molecule has 0 spiro atoms. The van der Waals surface area contributed by atoms with E-state index in [4.69, 9.17) is 14.2 Å². The number of amides is 3. The predicted octanol–water partition coefficient (Wildman–Crippen LogP) is 6.62. The Labute approximate surface area is 323 Å². The van der Waals surface area contributed by atoms with Crippen molar-refractivity contribution in [1.82, 2.24) is 10.2 Å². The molecule has 1 aromatic heterocycles. The second kappa shape index (κ2) is 17.3. The molecule has 2 N–H and O–H groups in total. The number of benzene rings is 4. The predicted molar refractivity (Wildman–Crippen MR) is 205 cm³/mol. The fourth-order valence-corrected chi connectivity index (χ4v) is 7.88. The number of carbonyl (C=O) groups excluding carboxylic acids is 3. The Hall–Kier alpha value is -5.53. The van der Waals surface area contributed by atoms with Crippen molar-refractivity contribution in [3.8, 4) is 11.1 Å². The van der Waals surface area contributed by atoms with Crippen LogP contribution in [0.15, 0.2) is 133 Å². The Morgan fingerprint density at radius 3 is 2.35 bits per heavy atom. The molecule has 11 nitrogen and oxygen atoms in total. The largest absolute Gasteiger partial charge is 0.618 e. The van der Waals surface area contributed by atoms with E-state index in [2.05, 4.69) is 12.2 Å². The van der Waals surface area contributed by atoms with Gasteiger partial charge in [-0.1, -0.05) is 122 Å². The van der Waals surface area contributed by atoms with Crippen LogP contribution in [-0.4, -0.2) is 45.8 Å². The summed E-state index contributed by atoms with van der Waals surface area (Å²) >= 11 is 1.43. The van der Waals surface area contributed by atoms with Crippen molar-refractivity contribution in [1.29, 1.82) is 0 Å². The van der Waals surface area contributed by atoms with Crippen LogP contribution >= 0.6 is 11.8 Å². The number of likely N-dealkylation sites (tertiary alicyclic amines) is 1. The zero-order valence-corrected chi connectivity index (χ0v) is 31.0. The number of hydrogen-bond donors (Lipinski definition) is 2. The lowest BCUT2D eigenvalue weighted by Gasteiger charge is -2.41. The molecule has 1 unspecified atom stereocenters. The van der Waals surface area contributed by atoms with Gasteiger partial charge in [0.25, 0.3) is 10.9 Å².